The Kier molecular flexibility index (Phi) is 5.76. The highest BCUT2D eigenvalue weighted by molar-refractivity contribution is 6.20. The van der Waals surface area contributed by atoms with Gasteiger partial charge in [-0.1, -0.05) is 30.3 Å². The summed E-state index contributed by atoms with van der Waals surface area (Å²) >= 11 is 0. The van der Waals surface area contributed by atoms with Crippen molar-refractivity contribution in [3.05, 3.63) is 95.8 Å². The number of piperazine rings is 1. The number of pyridine rings is 1. The number of amidine groups is 2. The van der Waals surface area contributed by atoms with Crippen LogP contribution in [0.4, 0.5) is 11.4 Å². The number of nitrogens with zero attached hydrogens (tertiary/aromatic N) is 6. The molecule has 0 unspecified atom stereocenters. The second kappa shape index (κ2) is 9.35. The Labute approximate surface area is 205 Å². The lowest BCUT2D eigenvalue weighted by atomic mass is 10.1. The van der Waals surface area contributed by atoms with Crippen molar-refractivity contribution in [2.24, 2.45) is 9.98 Å². The van der Waals surface area contributed by atoms with Crippen LogP contribution >= 0.6 is 0 Å². The minimum Gasteiger partial charge on any atom is -0.507 e. The predicted molar refractivity (Wildman–Crippen MR) is 140 cm³/mol. The molecular weight excluding hydrogens is 436 g/mol. The molecule has 3 aliphatic heterocycles. The van der Waals surface area contributed by atoms with E-state index in [1.54, 1.807) is 18.5 Å². The van der Waals surface area contributed by atoms with Gasteiger partial charge >= 0.3 is 0 Å². The standard InChI is InChI=1S/C28H28N6O/c35-26(22-7-4-10-29-19-22)18-27-31-25-17-23(8-9-24(25)28-30-11-12-34(27)28)33-15-13-32(14-16-33)20-21-5-2-1-3-6-21/h1-10,17-19,35H,11-16,20H2/b26-18-. The largest absolute Gasteiger partial charge is 0.507 e. The first-order chi connectivity index (χ1) is 17.2. The van der Waals surface area contributed by atoms with E-state index in [0.717, 1.165) is 62.9 Å². The second-order valence-electron chi connectivity index (χ2n) is 9.05. The molecule has 4 heterocycles. The Morgan fingerprint density at radius 2 is 1.80 bits per heavy atom. The van der Waals surface area contributed by atoms with Gasteiger partial charge in [0.25, 0.3) is 0 Å². The molecule has 1 saturated heterocycles. The zero-order chi connectivity index (χ0) is 23.6. The minimum atomic E-state index is 0.150. The van der Waals surface area contributed by atoms with E-state index in [-0.39, 0.29) is 5.76 Å². The number of aliphatic hydroxyl groups is 1. The Morgan fingerprint density at radius 3 is 2.60 bits per heavy atom. The highest BCUT2D eigenvalue weighted by atomic mass is 16.3. The summed E-state index contributed by atoms with van der Waals surface area (Å²) in [6.45, 7) is 6.50. The van der Waals surface area contributed by atoms with Gasteiger partial charge in [-0.25, -0.2) is 4.99 Å². The van der Waals surface area contributed by atoms with Crippen molar-refractivity contribution in [3.8, 4) is 0 Å². The summed E-state index contributed by atoms with van der Waals surface area (Å²) in [5.41, 5.74) is 5.16. The van der Waals surface area contributed by atoms with Crippen LogP contribution in [0.2, 0.25) is 0 Å². The maximum Gasteiger partial charge on any atom is 0.138 e. The van der Waals surface area contributed by atoms with Crippen LogP contribution in [-0.4, -0.2) is 70.8 Å². The zero-order valence-electron chi connectivity index (χ0n) is 19.6. The zero-order valence-corrected chi connectivity index (χ0v) is 19.6. The summed E-state index contributed by atoms with van der Waals surface area (Å²) in [6.07, 6.45) is 5.06. The third-order valence-electron chi connectivity index (χ3n) is 6.78. The van der Waals surface area contributed by atoms with Crippen molar-refractivity contribution in [3.63, 3.8) is 0 Å². The fourth-order valence-corrected chi connectivity index (χ4v) is 4.92. The first-order valence-corrected chi connectivity index (χ1v) is 12.1. The Balaban J connectivity index is 1.23. The minimum absolute atomic E-state index is 0.150. The molecule has 3 aromatic rings. The molecule has 7 heteroatoms. The quantitative estimate of drug-likeness (QED) is 0.576. The molecule has 0 aliphatic carbocycles. The molecule has 0 bridgehead atoms. The lowest BCUT2D eigenvalue weighted by molar-refractivity contribution is 0.250. The molecule has 1 aromatic heterocycles. The molecule has 2 aromatic carbocycles. The van der Waals surface area contributed by atoms with Crippen molar-refractivity contribution in [2.75, 3.05) is 44.2 Å². The van der Waals surface area contributed by atoms with E-state index in [1.807, 2.05) is 12.1 Å². The number of aliphatic hydroxyl groups excluding tert-OH is 1. The molecule has 176 valence electrons. The molecular formula is C28H28N6O. The summed E-state index contributed by atoms with van der Waals surface area (Å²) < 4.78 is 0. The van der Waals surface area contributed by atoms with Crippen molar-refractivity contribution in [2.45, 2.75) is 6.54 Å². The molecule has 3 aliphatic rings. The molecule has 1 fully saturated rings. The lowest BCUT2D eigenvalue weighted by Crippen LogP contribution is -2.46. The van der Waals surface area contributed by atoms with Gasteiger partial charge in [-0.2, -0.15) is 0 Å². The second-order valence-corrected chi connectivity index (χ2v) is 9.05. The van der Waals surface area contributed by atoms with Gasteiger partial charge in [0.2, 0.25) is 0 Å². The Hall–Kier alpha value is -3.97. The number of hydrogen-bond donors (Lipinski definition) is 1. The summed E-state index contributed by atoms with van der Waals surface area (Å²) in [5.74, 6) is 1.79. The van der Waals surface area contributed by atoms with Gasteiger partial charge in [-0.05, 0) is 35.9 Å². The monoisotopic (exact) mass is 464 g/mol. The van der Waals surface area contributed by atoms with Crippen molar-refractivity contribution in [1.29, 1.82) is 0 Å². The molecule has 35 heavy (non-hydrogen) atoms. The maximum absolute atomic E-state index is 10.7. The smallest absolute Gasteiger partial charge is 0.138 e. The summed E-state index contributed by atoms with van der Waals surface area (Å²) in [6, 6.07) is 20.8. The van der Waals surface area contributed by atoms with Crippen molar-refractivity contribution in [1.82, 2.24) is 14.8 Å². The van der Waals surface area contributed by atoms with E-state index >= 15 is 0 Å². The van der Waals surface area contributed by atoms with Gasteiger partial charge in [-0.15, -0.1) is 0 Å². The summed E-state index contributed by atoms with van der Waals surface area (Å²) in [5, 5.41) is 10.7. The first kappa shape index (κ1) is 21.6. The van der Waals surface area contributed by atoms with Gasteiger partial charge in [0.1, 0.15) is 17.4 Å². The van der Waals surface area contributed by atoms with Gasteiger partial charge in [0.05, 0.1) is 12.2 Å². The Morgan fingerprint density at radius 1 is 0.943 bits per heavy atom. The number of aliphatic imine (C=N–C) groups is 2. The molecule has 0 amide bonds. The molecule has 1 N–H and O–H groups in total. The third-order valence-corrected chi connectivity index (χ3v) is 6.78. The fraction of sp³-hybridized carbons (Fsp3) is 0.250. The molecule has 0 atom stereocenters. The molecule has 6 rings (SSSR count). The maximum atomic E-state index is 10.7. The normalized spacial score (nSPS) is 18.1. The van der Waals surface area contributed by atoms with Gasteiger partial charge in [-0.3, -0.25) is 14.9 Å². The highest BCUT2D eigenvalue weighted by Crippen LogP contribution is 2.33. The van der Waals surface area contributed by atoms with Gasteiger partial charge in [0.15, 0.2) is 0 Å². The molecule has 7 nitrogen and oxygen atoms in total. The van der Waals surface area contributed by atoms with Crippen LogP contribution in [0.15, 0.2) is 89.1 Å². The molecule has 0 spiro atoms. The predicted octanol–water partition coefficient (Wildman–Crippen LogP) is 4.11. The topological polar surface area (TPSA) is 67.6 Å². The van der Waals surface area contributed by atoms with E-state index in [2.05, 4.69) is 68.2 Å². The van der Waals surface area contributed by atoms with E-state index in [9.17, 15) is 5.11 Å². The molecule has 0 saturated carbocycles. The van der Waals surface area contributed by atoms with Crippen LogP contribution in [-0.2, 0) is 6.54 Å². The van der Waals surface area contributed by atoms with Crippen molar-refractivity contribution >= 4 is 28.8 Å². The van der Waals surface area contributed by atoms with Crippen LogP contribution in [0.25, 0.3) is 5.76 Å². The fourth-order valence-electron chi connectivity index (χ4n) is 4.92. The first-order valence-electron chi connectivity index (χ1n) is 12.1. The van der Waals surface area contributed by atoms with Crippen LogP contribution in [0.5, 0.6) is 0 Å². The van der Waals surface area contributed by atoms with E-state index < -0.39 is 0 Å². The third kappa shape index (κ3) is 4.42. The number of rotatable bonds is 5. The van der Waals surface area contributed by atoms with Crippen LogP contribution < -0.4 is 4.90 Å². The van der Waals surface area contributed by atoms with Crippen LogP contribution in [0.3, 0.4) is 0 Å². The lowest BCUT2D eigenvalue weighted by Gasteiger charge is -2.36. The molecule has 0 radical (unpaired) electrons. The SMILES string of the molecule is O/C(=C\C1=Nc2cc(N3CCN(Cc4ccccc4)CC3)ccc2C2=NCCN12)c1cccnc1. The van der Waals surface area contributed by atoms with E-state index in [4.69, 9.17) is 9.98 Å². The number of benzene rings is 2. The highest BCUT2D eigenvalue weighted by Gasteiger charge is 2.29. The number of fused-ring (bicyclic) bond motifs is 3. The Bertz CT molecular complexity index is 1290. The van der Waals surface area contributed by atoms with Crippen molar-refractivity contribution < 1.29 is 5.11 Å². The summed E-state index contributed by atoms with van der Waals surface area (Å²) in [4.78, 5) is 20.8. The van der Waals surface area contributed by atoms with E-state index in [1.165, 1.54) is 11.3 Å². The van der Waals surface area contributed by atoms with Crippen LogP contribution in [0, 0.1) is 0 Å². The average Bonchev–Trinajstić information content (AvgIpc) is 3.41. The number of hydrogen-bond acceptors (Lipinski definition) is 7. The van der Waals surface area contributed by atoms with E-state index in [0.29, 0.717) is 11.4 Å². The average molecular weight is 465 g/mol. The van der Waals surface area contributed by atoms with Gasteiger partial charge < -0.3 is 14.9 Å². The van der Waals surface area contributed by atoms with Crippen LogP contribution in [0.1, 0.15) is 16.7 Å². The number of aromatic nitrogens is 1. The number of anilines is 1. The van der Waals surface area contributed by atoms with Gasteiger partial charge in [0, 0.05) is 74.6 Å². The summed E-state index contributed by atoms with van der Waals surface area (Å²) in [7, 11) is 0.